The lowest BCUT2D eigenvalue weighted by Gasteiger charge is -2.18. The molecule has 0 saturated heterocycles. The SMILES string of the molecule is CC1(C)BC(C(C)(C)C)=NO1. The molecule has 0 saturated carbocycles. The predicted molar refractivity (Wildman–Crippen MR) is 49.2 cm³/mol. The molecule has 1 heterocycles. The van der Waals surface area contributed by atoms with Crippen molar-refractivity contribution in [3.63, 3.8) is 0 Å². The van der Waals surface area contributed by atoms with Crippen LogP contribution in [0.1, 0.15) is 34.6 Å². The molecule has 1 aliphatic heterocycles. The van der Waals surface area contributed by atoms with Gasteiger partial charge in [-0.15, -0.1) is 5.16 Å². The van der Waals surface area contributed by atoms with Crippen molar-refractivity contribution in [1.82, 2.24) is 0 Å². The Morgan fingerprint density at radius 2 is 1.91 bits per heavy atom. The first kappa shape index (κ1) is 8.63. The van der Waals surface area contributed by atoms with Crippen LogP contribution in [0.15, 0.2) is 5.16 Å². The molecular weight excluding hydrogens is 137 g/mol. The normalized spacial score (nSPS) is 22.1. The Kier molecular flexibility index (Phi) is 1.77. The van der Waals surface area contributed by atoms with Crippen LogP contribution in [0.25, 0.3) is 0 Å². The second-order valence-corrected chi connectivity index (χ2v) is 4.82. The van der Waals surface area contributed by atoms with E-state index in [1.165, 1.54) is 5.61 Å². The summed E-state index contributed by atoms with van der Waals surface area (Å²) in [6.45, 7) is 10.6. The molecule has 0 spiro atoms. The first-order valence-electron chi connectivity index (χ1n) is 4.07. The van der Waals surface area contributed by atoms with Gasteiger partial charge < -0.3 is 4.84 Å². The minimum absolute atomic E-state index is 0.0807. The molecule has 0 amide bonds. The summed E-state index contributed by atoms with van der Waals surface area (Å²) in [5, 5.41) is 4.08. The van der Waals surface area contributed by atoms with Gasteiger partial charge in [-0.25, -0.2) is 0 Å². The zero-order valence-corrected chi connectivity index (χ0v) is 8.06. The average molecular weight is 153 g/mol. The third kappa shape index (κ3) is 1.98. The van der Waals surface area contributed by atoms with Gasteiger partial charge in [-0.3, -0.25) is 0 Å². The molecule has 62 valence electrons. The van der Waals surface area contributed by atoms with Gasteiger partial charge in [0.2, 0.25) is 7.28 Å². The van der Waals surface area contributed by atoms with E-state index in [1.807, 2.05) is 0 Å². The minimum atomic E-state index is -0.0807. The smallest absolute Gasteiger partial charge is 0.238 e. The Balaban J connectivity index is 2.68. The molecule has 0 atom stereocenters. The maximum Gasteiger partial charge on any atom is 0.238 e. The summed E-state index contributed by atoms with van der Waals surface area (Å²) in [6.07, 6.45) is 0. The van der Waals surface area contributed by atoms with Gasteiger partial charge >= 0.3 is 0 Å². The molecule has 1 rings (SSSR count). The van der Waals surface area contributed by atoms with E-state index in [-0.39, 0.29) is 10.9 Å². The molecule has 2 nitrogen and oxygen atoms in total. The van der Waals surface area contributed by atoms with Crippen LogP contribution in [-0.4, -0.2) is 18.4 Å². The highest BCUT2D eigenvalue weighted by Crippen LogP contribution is 2.24. The molecular formula is C8H16BNO. The van der Waals surface area contributed by atoms with Crippen LogP contribution in [0, 0.1) is 5.41 Å². The van der Waals surface area contributed by atoms with E-state index >= 15 is 0 Å². The molecule has 0 fully saturated rings. The maximum atomic E-state index is 5.27. The Morgan fingerprint density at radius 3 is 2.09 bits per heavy atom. The third-order valence-corrected chi connectivity index (χ3v) is 1.86. The van der Waals surface area contributed by atoms with E-state index in [4.69, 9.17) is 4.84 Å². The molecule has 11 heavy (non-hydrogen) atoms. The van der Waals surface area contributed by atoms with Gasteiger partial charge in [-0.1, -0.05) is 20.8 Å². The summed E-state index contributed by atoms with van der Waals surface area (Å²) in [6, 6.07) is 0. The second-order valence-electron chi connectivity index (χ2n) is 4.82. The molecule has 0 aliphatic carbocycles. The minimum Gasteiger partial charge on any atom is -0.399 e. The van der Waals surface area contributed by atoms with Crippen molar-refractivity contribution in [3.05, 3.63) is 0 Å². The fourth-order valence-corrected chi connectivity index (χ4v) is 1.05. The number of oxime groups is 1. The molecule has 0 aromatic rings. The lowest BCUT2D eigenvalue weighted by molar-refractivity contribution is 0.0585. The Labute approximate surface area is 69.2 Å². The van der Waals surface area contributed by atoms with Crippen LogP contribution in [0.4, 0.5) is 0 Å². The van der Waals surface area contributed by atoms with E-state index in [0.29, 0.717) is 0 Å². The molecule has 0 bridgehead atoms. The topological polar surface area (TPSA) is 21.6 Å². The molecule has 0 N–H and O–H groups in total. The highest BCUT2D eigenvalue weighted by molar-refractivity contribution is 6.79. The molecule has 0 aromatic heterocycles. The Hall–Kier alpha value is -0.465. The zero-order chi connectivity index (χ0) is 8.70. The van der Waals surface area contributed by atoms with Gasteiger partial charge in [0.15, 0.2) is 0 Å². The van der Waals surface area contributed by atoms with E-state index in [0.717, 1.165) is 7.28 Å². The van der Waals surface area contributed by atoms with Crippen LogP contribution < -0.4 is 0 Å². The van der Waals surface area contributed by atoms with Crippen molar-refractivity contribution in [2.24, 2.45) is 10.6 Å². The van der Waals surface area contributed by atoms with E-state index in [1.54, 1.807) is 0 Å². The lowest BCUT2D eigenvalue weighted by Crippen LogP contribution is -2.34. The van der Waals surface area contributed by atoms with Gasteiger partial charge in [-0.05, 0) is 19.3 Å². The standard InChI is InChI=1S/C8H16BNO/c1-7(2,3)6-9-8(4,5)11-10-6/h9H,1-5H3. The molecule has 0 unspecified atom stereocenters. The van der Waals surface area contributed by atoms with Crippen molar-refractivity contribution in [2.75, 3.05) is 0 Å². The van der Waals surface area contributed by atoms with Gasteiger partial charge in [0.25, 0.3) is 0 Å². The van der Waals surface area contributed by atoms with Crippen LogP contribution in [0.3, 0.4) is 0 Å². The monoisotopic (exact) mass is 153 g/mol. The number of hydrogen-bond donors (Lipinski definition) is 0. The lowest BCUT2D eigenvalue weighted by atomic mass is 9.54. The van der Waals surface area contributed by atoms with Crippen molar-refractivity contribution in [1.29, 1.82) is 0 Å². The maximum absolute atomic E-state index is 5.27. The summed E-state index contributed by atoms with van der Waals surface area (Å²) in [5.41, 5.74) is 1.25. The summed E-state index contributed by atoms with van der Waals surface area (Å²) in [5.74, 6) is 0. The van der Waals surface area contributed by atoms with Gasteiger partial charge in [-0.2, -0.15) is 0 Å². The van der Waals surface area contributed by atoms with Crippen molar-refractivity contribution < 1.29 is 4.84 Å². The summed E-state index contributed by atoms with van der Waals surface area (Å²) in [4.78, 5) is 5.27. The van der Waals surface area contributed by atoms with Crippen LogP contribution in [0.5, 0.6) is 0 Å². The third-order valence-electron chi connectivity index (χ3n) is 1.86. The zero-order valence-electron chi connectivity index (χ0n) is 8.06. The van der Waals surface area contributed by atoms with Gasteiger partial charge in [0, 0.05) is 5.61 Å². The highest BCUT2D eigenvalue weighted by atomic mass is 16.7. The molecule has 0 radical (unpaired) electrons. The van der Waals surface area contributed by atoms with Gasteiger partial charge in [0.05, 0.1) is 0 Å². The quantitative estimate of drug-likeness (QED) is 0.484. The molecule has 3 heteroatoms. The van der Waals surface area contributed by atoms with Crippen LogP contribution in [0.2, 0.25) is 0 Å². The Morgan fingerprint density at radius 1 is 1.36 bits per heavy atom. The largest absolute Gasteiger partial charge is 0.399 e. The van der Waals surface area contributed by atoms with Gasteiger partial charge in [0.1, 0.15) is 5.50 Å². The van der Waals surface area contributed by atoms with E-state index in [9.17, 15) is 0 Å². The first-order chi connectivity index (χ1) is 4.81. The van der Waals surface area contributed by atoms with Crippen molar-refractivity contribution >= 4 is 12.9 Å². The average Bonchev–Trinajstić information content (AvgIpc) is 2.07. The van der Waals surface area contributed by atoms with Crippen LogP contribution in [-0.2, 0) is 4.84 Å². The summed E-state index contributed by atoms with van der Waals surface area (Å²) in [7, 11) is 0.955. The van der Waals surface area contributed by atoms with E-state index in [2.05, 4.69) is 39.8 Å². The van der Waals surface area contributed by atoms with E-state index < -0.39 is 0 Å². The van der Waals surface area contributed by atoms with Crippen LogP contribution >= 0.6 is 0 Å². The second kappa shape index (κ2) is 2.26. The van der Waals surface area contributed by atoms with Crippen molar-refractivity contribution in [3.8, 4) is 0 Å². The first-order valence-corrected chi connectivity index (χ1v) is 4.07. The fourth-order valence-electron chi connectivity index (χ4n) is 1.05. The summed E-state index contributed by atoms with van der Waals surface area (Å²) >= 11 is 0. The number of hydrogen-bond acceptors (Lipinski definition) is 2. The number of nitrogens with zero attached hydrogens (tertiary/aromatic N) is 1. The van der Waals surface area contributed by atoms with Crippen molar-refractivity contribution in [2.45, 2.75) is 40.1 Å². The Bertz CT molecular complexity index is 191. The predicted octanol–water partition coefficient (Wildman–Crippen LogP) is 1.55. The number of rotatable bonds is 0. The molecule has 0 aromatic carbocycles. The fraction of sp³-hybridized carbons (Fsp3) is 0.875. The molecule has 1 aliphatic rings. The summed E-state index contributed by atoms with van der Waals surface area (Å²) < 4.78 is 0. The highest BCUT2D eigenvalue weighted by Gasteiger charge is 2.36.